The van der Waals surface area contributed by atoms with Crippen molar-refractivity contribution >= 4 is 34.8 Å². The van der Waals surface area contributed by atoms with E-state index in [2.05, 4.69) is 5.32 Å². The maximum atomic E-state index is 12.4. The number of rotatable bonds is 5. The predicted octanol–water partition coefficient (Wildman–Crippen LogP) is 4.18. The molecule has 0 saturated carbocycles. The predicted molar refractivity (Wildman–Crippen MR) is 103 cm³/mol. The van der Waals surface area contributed by atoms with E-state index in [1.165, 1.54) is 0 Å². The number of ether oxygens (including phenoxy) is 1. The Kier molecular flexibility index (Phi) is 5.47. The van der Waals surface area contributed by atoms with Gasteiger partial charge >= 0.3 is 0 Å². The van der Waals surface area contributed by atoms with Gasteiger partial charge in [-0.1, -0.05) is 11.6 Å². The molecule has 1 atom stereocenters. The van der Waals surface area contributed by atoms with Crippen molar-refractivity contribution in [2.75, 3.05) is 16.8 Å². The van der Waals surface area contributed by atoms with E-state index in [-0.39, 0.29) is 11.8 Å². The fourth-order valence-electron chi connectivity index (χ4n) is 2.95. The molecule has 136 valence electrons. The van der Waals surface area contributed by atoms with E-state index in [1.54, 1.807) is 42.2 Å². The van der Waals surface area contributed by atoms with Crippen LogP contribution >= 0.6 is 11.6 Å². The largest absolute Gasteiger partial charge is 0.481 e. The molecule has 1 aliphatic heterocycles. The number of nitrogens with zero attached hydrogens (tertiary/aromatic N) is 1. The van der Waals surface area contributed by atoms with Gasteiger partial charge < -0.3 is 15.0 Å². The molecule has 1 N–H and O–H groups in total. The van der Waals surface area contributed by atoms with Gasteiger partial charge in [0.05, 0.1) is 0 Å². The molecule has 2 aromatic rings. The van der Waals surface area contributed by atoms with Crippen molar-refractivity contribution in [2.45, 2.75) is 32.8 Å². The summed E-state index contributed by atoms with van der Waals surface area (Å²) in [6.45, 7) is 4.37. The fourth-order valence-corrected chi connectivity index (χ4v) is 3.08. The first-order valence-corrected chi connectivity index (χ1v) is 8.96. The topological polar surface area (TPSA) is 58.6 Å². The van der Waals surface area contributed by atoms with E-state index in [4.69, 9.17) is 16.3 Å². The van der Waals surface area contributed by atoms with Crippen molar-refractivity contribution in [1.82, 2.24) is 0 Å². The van der Waals surface area contributed by atoms with Crippen LogP contribution in [0.1, 0.15) is 25.3 Å². The summed E-state index contributed by atoms with van der Waals surface area (Å²) in [6, 6.07) is 12.4. The van der Waals surface area contributed by atoms with Gasteiger partial charge in [0, 0.05) is 29.4 Å². The van der Waals surface area contributed by atoms with Crippen molar-refractivity contribution in [3.8, 4) is 5.75 Å². The van der Waals surface area contributed by atoms with E-state index in [9.17, 15) is 9.59 Å². The molecule has 0 unspecified atom stereocenters. The first kappa shape index (κ1) is 18.3. The summed E-state index contributed by atoms with van der Waals surface area (Å²) in [5.41, 5.74) is 2.52. The summed E-state index contributed by atoms with van der Waals surface area (Å²) in [5.74, 6) is 0.482. The van der Waals surface area contributed by atoms with Crippen LogP contribution in [0.5, 0.6) is 5.75 Å². The van der Waals surface area contributed by atoms with Crippen LogP contribution in [0.3, 0.4) is 0 Å². The number of carbonyl (C=O) groups excluding carboxylic acids is 2. The van der Waals surface area contributed by atoms with Crippen molar-refractivity contribution in [1.29, 1.82) is 0 Å². The number of anilines is 2. The second-order valence-corrected chi connectivity index (χ2v) is 6.79. The van der Waals surface area contributed by atoms with Crippen LogP contribution in [0.15, 0.2) is 42.5 Å². The molecule has 0 radical (unpaired) electrons. The Bertz CT molecular complexity index is 820. The minimum atomic E-state index is -0.656. The molecular weight excluding hydrogens is 352 g/mol. The molecule has 1 saturated heterocycles. The van der Waals surface area contributed by atoms with E-state index in [0.29, 0.717) is 22.9 Å². The molecule has 2 aromatic carbocycles. The Morgan fingerprint density at radius 3 is 2.58 bits per heavy atom. The molecule has 3 rings (SSSR count). The van der Waals surface area contributed by atoms with Crippen molar-refractivity contribution in [3.05, 3.63) is 53.1 Å². The lowest BCUT2D eigenvalue weighted by molar-refractivity contribution is -0.122. The third-order valence-electron chi connectivity index (χ3n) is 4.32. The van der Waals surface area contributed by atoms with Gasteiger partial charge in [0.2, 0.25) is 5.91 Å². The monoisotopic (exact) mass is 372 g/mol. The van der Waals surface area contributed by atoms with Gasteiger partial charge in [-0.2, -0.15) is 0 Å². The van der Waals surface area contributed by atoms with Crippen molar-refractivity contribution in [3.63, 3.8) is 0 Å². The van der Waals surface area contributed by atoms with Crippen LogP contribution in [0.4, 0.5) is 11.4 Å². The van der Waals surface area contributed by atoms with E-state index in [1.807, 2.05) is 19.1 Å². The van der Waals surface area contributed by atoms with Gasteiger partial charge in [-0.25, -0.2) is 0 Å². The molecule has 1 heterocycles. The normalized spacial score (nSPS) is 15.0. The summed E-state index contributed by atoms with van der Waals surface area (Å²) in [5, 5.41) is 3.46. The maximum absolute atomic E-state index is 12.4. The van der Waals surface area contributed by atoms with Gasteiger partial charge in [0.15, 0.2) is 6.10 Å². The van der Waals surface area contributed by atoms with E-state index in [0.717, 1.165) is 24.2 Å². The SMILES string of the molecule is Cc1cc(NC(=O)[C@@H](C)Oc2ccc(Cl)cc2)ccc1N1CCCC1=O. The Morgan fingerprint density at radius 2 is 1.96 bits per heavy atom. The second kappa shape index (κ2) is 7.79. The molecule has 1 fully saturated rings. The van der Waals surface area contributed by atoms with Crippen LogP contribution in [0.25, 0.3) is 0 Å². The van der Waals surface area contributed by atoms with Crippen LogP contribution < -0.4 is 15.0 Å². The van der Waals surface area contributed by atoms with Crippen LogP contribution in [0, 0.1) is 6.92 Å². The summed E-state index contributed by atoms with van der Waals surface area (Å²) >= 11 is 5.84. The molecule has 0 spiro atoms. The van der Waals surface area contributed by atoms with Crippen LogP contribution in [-0.4, -0.2) is 24.5 Å². The summed E-state index contributed by atoms with van der Waals surface area (Å²) in [7, 11) is 0. The van der Waals surface area contributed by atoms with Gasteiger partial charge in [-0.05, 0) is 68.3 Å². The smallest absolute Gasteiger partial charge is 0.265 e. The highest BCUT2D eigenvalue weighted by Crippen LogP contribution is 2.27. The zero-order valence-electron chi connectivity index (χ0n) is 14.8. The van der Waals surface area contributed by atoms with E-state index < -0.39 is 6.10 Å². The van der Waals surface area contributed by atoms with Gasteiger partial charge in [0.25, 0.3) is 5.91 Å². The Hall–Kier alpha value is -2.53. The first-order valence-electron chi connectivity index (χ1n) is 8.58. The number of halogens is 1. The average molecular weight is 373 g/mol. The summed E-state index contributed by atoms with van der Waals surface area (Å²) in [4.78, 5) is 26.1. The van der Waals surface area contributed by atoms with Gasteiger partial charge in [-0.3, -0.25) is 9.59 Å². The van der Waals surface area contributed by atoms with Gasteiger partial charge in [0.1, 0.15) is 5.75 Å². The Labute approximate surface area is 157 Å². The zero-order valence-corrected chi connectivity index (χ0v) is 15.5. The average Bonchev–Trinajstić information content (AvgIpc) is 3.03. The molecule has 0 aromatic heterocycles. The standard InChI is InChI=1S/C20H21ClN2O3/c1-13-12-16(7-10-18(13)23-11-3-4-19(23)24)22-20(25)14(2)26-17-8-5-15(21)6-9-17/h5-10,12,14H,3-4,11H2,1-2H3,(H,22,25)/t14-/m1/s1. The van der Waals surface area contributed by atoms with Crippen LogP contribution in [0.2, 0.25) is 5.02 Å². The highest BCUT2D eigenvalue weighted by molar-refractivity contribution is 6.30. The molecule has 0 aliphatic carbocycles. The summed E-state index contributed by atoms with van der Waals surface area (Å²) < 4.78 is 5.63. The maximum Gasteiger partial charge on any atom is 0.265 e. The number of amides is 2. The molecule has 2 amide bonds. The number of hydrogen-bond acceptors (Lipinski definition) is 3. The zero-order chi connectivity index (χ0) is 18.7. The number of carbonyl (C=O) groups is 2. The van der Waals surface area contributed by atoms with E-state index >= 15 is 0 Å². The third-order valence-corrected chi connectivity index (χ3v) is 4.58. The van der Waals surface area contributed by atoms with Crippen LogP contribution in [-0.2, 0) is 9.59 Å². The number of hydrogen-bond donors (Lipinski definition) is 1. The second-order valence-electron chi connectivity index (χ2n) is 6.35. The Morgan fingerprint density at radius 1 is 1.23 bits per heavy atom. The molecule has 1 aliphatic rings. The Balaban J connectivity index is 1.64. The number of nitrogens with one attached hydrogen (secondary N) is 1. The molecular formula is C20H21ClN2O3. The quantitative estimate of drug-likeness (QED) is 0.856. The number of benzene rings is 2. The summed E-state index contributed by atoms with van der Waals surface area (Å²) in [6.07, 6.45) is 0.824. The first-order chi connectivity index (χ1) is 12.4. The molecule has 26 heavy (non-hydrogen) atoms. The minimum Gasteiger partial charge on any atom is -0.481 e. The third kappa shape index (κ3) is 4.17. The minimum absolute atomic E-state index is 0.148. The highest BCUT2D eigenvalue weighted by atomic mass is 35.5. The fraction of sp³-hybridized carbons (Fsp3) is 0.300. The lowest BCUT2D eigenvalue weighted by Gasteiger charge is -2.20. The van der Waals surface area contributed by atoms with Crippen molar-refractivity contribution < 1.29 is 14.3 Å². The molecule has 0 bridgehead atoms. The number of aryl methyl sites for hydroxylation is 1. The lowest BCUT2D eigenvalue weighted by Crippen LogP contribution is -2.30. The highest BCUT2D eigenvalue weighted by Gasteiger charge is 2.23. The lowest BCUT2D eigenvalue weighted by atomic mass is 10.1. The molecule has 5 nitrogen and oxygen atoms in total. The molecule has 6 heteroatoms. The van der Waals surface area contributed by atoms with Gasteiger partial charge in [-0.15, -0.1) is 0 Å². The van der Waals surface area contributed by atoms with Crippen molar-refractivity contribution in [2.24, 2.45) is 0 Å².